The number of nitrogens with zero attached hydrogens (tertiary/aromatic N) is 2. The van der Waals surface area contributed by atoms with Crippen LogP contribution in [-0.2, 0) is 4.79 Å². The van der Waals surface area contributed by atoms with Crippen LogP contribution in [0.25, 0.3) is 5.32 Å². The maximum absolute atomic E-state index is 8.89. The predicted octanol–water partition coefficient (Wildman–Crippen LogP) is 2.45. The molecule has 1 saturated heterocycles. The Balaban J connectivity index is 0. The maximum atomic E-state index is 8.89. The second-order valence-electron chi connectivity index (χ2n) is 8.64. The van der Waals surface area contributed by atoms with Crippen LogP contribution < -0.4 is 34.7 Å². The number of piperazine rings is 1. The minimum Gasteiger partial charge on any atom is -0.653 e. The first-order valence-electron chi connectivity index (χ1n) is 12.2. The first kappa shape index (κ1) is 31.6. The van der Waals surface area contributed by atoms with Crippen molar-refractivity contribution < 1.29 is 43.9 Å². The molecule has 0 saturated carbocycles. The van der Waals surface area contributed by atoms with E-state index in [4.69, 9.17) is 9.90 Å². The molecule has 1 aliphatic rings. The van der Waals surface area contributed by atoms with Gasteiger partial charge in [-0.1, -0.05) is 91.1 Å². The summed E-state index contributed by atoms with van der Waals surface area (Å²) < 4.78 is 1.40. The van der Waals surface area contributed by atoms with Gasteiger partial charge in [-0.05, 0) is 32.6 Å². The van der Waals surface area contributed by atoms with Crippen molar-refractivity contribution in [3.8, 4) is 0 Å². The van der Waals surface area contributed by atoms with E-state index in [2.05, 4.69) is 19.2 Å². The van der Waals surface area contributed by atoms with E-state index in [1.165, 1.54) is 121 Å². The summed E-state index contributed by atoms with van der Waals surface area (Å²) >= 11 is 0. The Morgan fingerprint density at radius 1 is 0.724 bits per heavy atom. The summed E-state index contributed by atoms with van der Waals surface area (Å²) in [4.78, 5) is 8.89. The molecular weight excluding hydrogens is 371 g/mol. The zero-order valence-electron chi connectivity index (χ0n) is 20.4. The standard InChI is InChI=1S/C22H46N2.C2H4O2.Na/c1-3-5-7-9-11-13-15-19-24(21-17-23-18-22-24)20-16-14-12-10-8-6-4-2;1-2(3)4;/h3-22H2,1-2H3;1H3,(H,3,4);/q;;+1/p-1. The quantitative estimate of drug-likeness (QED) is 0.219. The van der Waals surface area contributed by atoms with Crippen molar-refractivity contribution >= 4 is 5.97 Å². The van der Waals surface area contributed by atoms with Gasteiger partial charge in [-0.3, -0.25) is 0 Å². The summed E-state index contributed by atoms with van der Waals surface area (Å²) in [6.07, 6.45) is 20.1. The smallest absolute Gasteiger partial charge is 0.653 e. The topological polar surface area (TPSA) is 54.2 Å². The number of hydrogen-bond donors (Lipinski definition) is 0. The van der Waals surface area contributed by atoms with Gasteiger partial charge in [0.1, 0.15) is 0 Å². The zero-order chi connectivity index (χ0) is 20.9. The number of carbonyl (C=O) groups excluding carboxylic acids is 1. The molecule has 0 aliphatic carbocycles. The fourth-order valence-corrected chi connectivity index (χ4v) is 4.16. The van der Waals surface area contributed by atoms with Gasteiger partial charge >= 0.3 is 29.6 Å². The Kier molecular flexibility index (Phi) is 25.1. The monoisotopic (exact) mass is 420 g/mol. The third kappa shape index (κ3) is 21.4. The third-order valence-electron chi connectivity index (χ3n) is 5.94. The molecule has 0 N–H and O–H groups in total. The largest absolute Gasteiger partial charge is 1.00 e. The normalized spacial score (nSPS) is 15.1. The minimum absolute atomic E-state index is 0. The van der Waals surface area contributed by atoms with E-state index in [1.807, 2.05) is 0 Å². The molecule has 0 bridgehead atoms. The first-order chi connectivity index (χ1) is 13.6. The molecule has 1 heterocycles. The molecular formula is C24H49N2NaO2. The Hall–Kier alpha value is 0.390. The van der Waals surface area contributed by atoms with E-state index in [-0.39, 0.29) is 29.6 Å². The molecule has 0 radical (unpaired) electrons. The number of aliphatic carboxylic acids is 1. The molecule has 0 aromatic rings. The Morgan fingerprint density at radius 3 is 1.38 bits per heavy atom. The third-order valence-corrected chi connectivity index (χ3v) is 5.94. The summed E-state index contributed by atoms with van der Waals surface area (Å²) in [5.74, 6) is -1.08. The number of hydrogen-bond acceptors (Lipinski definition) is 2. The van der Waals surface area contributed by atoms with Crippen molar-refractivity contribution in [3.63, 3.8) is 0 Å². The average molecular weight is 421 g/mol. The van der Waals surface area contributed by atoms with Crippen molar-refractivity contribution in [1.29, 1.82) is 0 Å². The van der Waals surface area contributed by atoms with Crippen molar-refractivity contribution in [1.82, 2.24) is 0 Å². The Labute approximate surface area is 204 Å². The van der Waals surface area contributed by atoms with Gasteiger partial charge in [0, 0.05) is 5.97 Å². The van der Waals surface area contributed by atoms with E-state index in [9.17, 15) is 0 Å². The molecule has 0 aromatic heterocycles. The van der Waals surface area contributed by atoms with Crippen LogP contribution in [0.1, 0.15) is 111 Å². The van der Waals surface area contributed by atoms with Crippen LogP contribution in [0.15, 0.2) is 0 Å². The van der Waals surface area contributed by atoms with Crippen LogP contribution in [0, 0.1) is 0 Å². The van der Waals surface area contributed by atoms with Crippen molar-refractivity contribution in [2.24, 2.45) is 0 Å². The van der Waals surface area contributed by atoms with Gasteiger partial charge in [-0.25, -0.2) is 0 Å². The number of rotatable bonds is 16. The number of carboxylic acid groups (broad SMARTS) is 1. The number of quaternary nitrogens is 1. The molecule has 0 spiro atoms. The molecule has 0 aromatic carbocycles. The van der Waals surface area contributed by atoms with Gasteiger partial charge in [0.2, 0.25) is 0 Å². The van der Waals surface area contributed by atoms with E-state index in [1.54, 1.807) is 0 Å². The van der Waals surface area contributed by atoms with E-state index in [0.717, 1.165) is 20.0 Å². The number of unbranched alkanes of at least 4 members (excludes halogenated alkanes) is 12. The molecule has 29 heavy (non-hydrogen) atoms. The Morgan fingerprint density at radius 2 is 1.03 bits per heavy atom. The van der Waals surface area contributed by atoms with E-state index < -0.39 is 5.97 Å². The van der Waals surface area contributed by atoms with Crippen molar-refractivity contribution in [2.45, 2.75) is 111 Å². The van der Waals surface area contributed by atoms with Gasteiger partial charge in [0.05, 0.1) is 26.2 Å². The van der Waals surface area contributed by atoms with Gasteiger partial charge in [0.25, 0.3) is 0 Å². The van der Waals surface area contributed by atoms with Crippen LogP contribution in [0.5, 0.6) is 0 Å². The van der Waals surface area contributed by atoms with Crippen LogP contribution in [-0.4, -0.2) is 49.7 Å². The fraction of sp³-hybridized carbons (Fsp3) is 0.958. The Bertz CT molecular complexity index is 324. The molecule has 0 amide bonds. The van der Waals surface area contributed by atoms with Crippen LogP contribution in [0.3, 0.4) is 0 Å². The van der Waals surface area contributed by atoms with Crippen LogP contribution >= 0.6 is 0 Å². The molecule has 1 fully saturated rings. The molecule has 5 heteroatoms. The summed E-state index contributed by atoms with van der Waals surface area (Å²) in [6.45, 7) is 13.3. The van der Waals surface area contributed by atoms with Crippen LogP contribution in [0.2, 0.25) is 0 Å². The minimum atomic E-state index is -1.08. The fourth-order valence-electron chi connectivity index (χ4n) is 4.16. The molecule has 1 rings (SSSR count). The van der Waals surface area contributed by atoms with Crippen molar-refractivity contribution in [2.75, 3.05) is 39.3 Å². The predicted molar refractivity (Wildman–Crippen MR) is 119 cm³/mol. The first-order valence-corrected chi connectivity index (χ1v) is 12.2. The van der Waals surface area contributed by atoms with Gasteiger partial charge in [0.15, 0.2) is 0 Å². The number of carbonyl (C=O) groups is 1. The number of carboxylic acids is 1. The second kappa shape index (κ2) is 23.1. The maximum Gasteiger partial charge on any atom is 1.00 e. The van der Waals surface area contributed by atoms with Crippen molar-refractivity contribution in [3.05, 3.63) is 5.32 Å². The SMILES string of the molecule is CC(=O)[O-].CCCCCCCCC[N+]1(CCCCCCCCC)CC[N-]CC1.[Na+]. The van der Waals surface area contributed by atoms with Gasteiger partial charge in [-0.15, -0.1) is 0 Å². The van der Waals surface area contributed by atoms with Gasteiger partial charge in [-0.2, -0.15) is 0 Å². The average Bonchev–Trinajstić information content (AvgIpc) is 2.67. The summed E-state index contributed by atoms with van der Waals surface area (Å²) in [5.41, 5.74) is 0. The second-order valence-corrected chi connectivity index (χ2v) is 8.64. The summed E-state index contributed by atoms with van der Waals surface area (Å²) in [6, 6.07) is 0. The molecule has 1 aliphatic heterocycles. The van der Waals surface area contributed by atoms with E-state index >= 15 is 0 Å². The van der Waals surface area contributed by atoms with E-state index in [0.29, 0.717) is 0 Å². The summed E-state index contributed by atoms with van der Waals surface area (Å²) in [7, 11) is 0. The zero-order valence-corrected chi connectivity index (χ0v) is 22.4. The van der Waals surface area contributed by atoms with Gasteiger partial charge < -0.3 is 19.7 Å². The molecule has 0 atom stereocenters. The van der Waals surface area contributed by atoms with Crippen LogP contribution in [0.4, 0.5) is 0 Å². The molecule has 4 nitrogen and oxygen atoms in total. The molecule has 0 unspecified atom stereocenters. The summed E-state index contributed by atoms with van der Waals surface area (Å²) in [5, 5.41) is 13.5. The molecule has 168 valence electrons.